The number of amides is 1. The lowest BCUT2D eigenvalue weighted by Gasteiger charge is -2.28. The van der Waals surface area contributed by atoms with Gasteiger partial charge in [0.1, 0.15) is 5.75 Å². The summed E-state index contributed by atoms with van der Waals surface area (Å²) in [7, 11) is 0. The molecule has 1 aromatic rings. The Morgan fingerprint density at radius 1 is 1.32 bits per heavy atom. The highest BCUT2D eigenvalue weighted by Gasteiger charge is 2.38. The number of hydrogen-bond acceptors (Lipinski definition) is 4. The monoisotopic (exact) mass is 402 g/mol. The van der Waals surface area contributed by atoms with E-state index in [1.807, 2.05) is 0 Å². The number of alkyl halides is 3. The van der Waals surface area contributed by atoms with E-state index in [-0.39, 0.29) is 23.6 Å². The highest BCUT2D eigenvalue weighted by atomic mass is 35.5. The number of phenols is 1. The summed E-state index contributed by atoms with van der Waals surface area (Å²) >= 11 is 11.7. The second kappa shape index (κ2) is 8.59. The van der Waals surface area contributed by atoms with Gasteiger partial charge in [0.05, 0.1) is 10.0 Å². The van der Waals surface area contributed by atoms with E-state index in [0.29, 0.717) is 35.0 Å². The van der Waals surface area contributed by atoms with Crippen LogP contribution in [-0.4, -0.2) is 34.8 Å². The largest absolute Gasteiger partial charge is 0.508 e. The maximum Gasteiger partial charge on any atom is 0.490 e. The minimum atomic E-state index is -5.08. The summed E-state index contributed by atoms with van der Waals surface area (Å²) in [5, 5.41) is 20.4. The summed E-state index contributed by atoms with van der Waals surface area (Å²) in [5.74, 6) is -2.59. The van der Waals surface area contributed by atoms with Gasteiger partial charge in [-0.15, -0.1) is 0 Å². The van der Waals surface area contributed by atoms with Crippen molar-refractivity contribution in [1.82, 2.24) is 5.32 Å². The van der Waals surface area contributed by atoms with Gasteiger partial charge in [0, 0.05) is 30.6 Å². The fourth-order valence-electron chi connectivity index (χ4n) is 2.13. The topological polar surface area (TPSA) is 113 Å². The Hall–Kier alpha value is -1.71. The minimum Gasteiger partial charge on any atom is -0.508 e. The molecule has 1 heterocycles. The van der Waals surface area contributed by atoms with E-state index in [9.17, 15) is 23.1 Å². The lowest BCUT2D eigenvalue weighted by molar-refractivity contribution is -0.192. The molecule has 2 atom stereocenters. The van der Waals surface area contributed by atoms with E-state index < -0.39 is 12.1 Å². The van der Waals surface area contributed by atoms with Crippen molar-refractivity contribution < 1.29 is 33.0 Å². The first-order valence-corrected chi connectivity index (χ1v) is 7.69. The summed E-state index contributed by atoms with van der Waals surface area (Å²) in [6.45, 7) is 0.514. The molecular formula is C14H15Cl2F3N2O4. The maximum absolute atomic E-state index is 11.1. The molecule has 0 saturated carbocycles. The van der Waals surface area contributed by atoms with E-state index in [1.165, 1.54) is 6.07 Å². The third-order valence-electron chi connectivity index (χ3n) is 3.48. The molecule has 140 valence electrons. The van der Waals surface area contributed by atoms with Gasteiger partial charge in [-0.3, -0.25) is 4.79 Å². The molecule has 25 heavy (non-hydrogen) atoms. The van der Waals surface area contributed by atoms with Crippen LogP contribution in [0.15, 0.2) is 12.1 Å². The van der Waals surface area contributed by atoms with Crippen molar-refractivity contribution in [2.75, 3.05) is 6.54 Å². The second-order valence-corrected chi connectivity index (χ2v) is 6.07. The Bertz CT molecular complexity index is 646. The number of benzene rings is 1. The number of aromatic hydroxyl groups is 1. The molecule has 6 nitrogen and oxygen atoms in total. The van der Waals surface area contributed by atoms with Crippen molar-refractivity contribution in [2.45, 2.75) is 25.1 Å². The van der Waals surface area contributed by atoms with Crippen molar-refractivity contribution in [3.63, 3.8) is 0 Å². The van der Waals surface area contributed by atoms with Crippen LogP contribution in [0.25, 0.3) is 0 Å². The van der Waals surface area contributed by atoms with Crippen molar-refractivity contribution in [1.29, 1.82) is 0 Å². The third-order valence-corrected chi connectivity index (χ3v) is 4.20. The molecular weight excluding hydrogens is 388 g/mol. The number of piperidine rings is 1. The molecule has 0 radical (unpaired) electrons. The summed E-state index contributed by atoms with van der Waals surface area (Å²) in [6.07, 6.45) is -3.92. The number of carboxylic acids is 1. The molecule has 1 aromatic carbocycles. The van der Waals surface area contributed by atoms with Gasteiger partial charge < -0.3 is 21.3 Å². The first-order chi connectivity index (χ1) is 11.4. The van der Waals surface area contributed by atoms with Crippen LogP contribution in [0.2, 0.25) is 10.0 Å². The van der Waals surface area contributed by atoms with Gasteiger partial charge in [0.15, 0.2) is 0 Å². The fourth-order valence-corrected chi connectivity index (χ4v) is 2.46. The van der Waals surface area contributed by atoms with Crippen LogP contribution >= 0.6 is 23.2 Å². The SMILES string of the molecule is NC(c1cc(Cl)c(Cl)cc1O)C1CCC(=O)NC1.O=C(O)C(F)(F)F. The number of rotatable bonds is 2. The molecule has 0 spiro atoms. The second-order valence-electron chi connectivity index (χ2n) is 5.26. The zero-order valence-corrected chi connectivity index (χ0v) is 14.1. The van der Waals surface area contributed by atoms with Gasteiger partial charge in [0.25, 0.3) is 0 Å². The van der Waals surface area contributed by atoms with Crippen LogP contribution in [-0.2, 0) is 9.59 Å². The highest BCUT2D eigenvalue weighted by Crippen LogP contribution is 2.36. The Morgan fingerprint density at radius 2 is 1.84 bits per heavy atom. The predicted octanol–water partition coefficient (Wildman–Crippen LogP) is 2.86. The molecule has 0 aromatic heterocycles. The van der Waals surface area contributed by atoms with Crippen molar-refractivity contribution in [3.05, 3.63) is 27.7 Å². The lowest BCUT2D eigenvalue weighted by atomic mass is 9.87. The van der Waals surface area contributed by atoms with Crippen LogP contribution in [0.3, 0.4) is 0 Å². The molecule has 0 bridgehead atoms. The number of halogens is 5. The number of aliphatic carboxylic acids is 1. The molecule has 5 N–H and O–H groups in total. The quantitative estimate of drug-likeness (QED) is 0.607. The summed E-state index contributed by atoms with van der Waals surface area (Å²) < 4.78 is 31.7. The van der Waals surface area contributed by atoms with Gasteiger partial charge in [-0.05, 0) is 18.4 Å². The first kappa shape index (κ1) is 21.3. The summed E-state index contributed by atoms with van der Waals surface area (Å²) in [4.78, 5) is 20.0. The van der Waals surface area contributed by atoms with Gasteiger partial charge >= 0.3 is 12.1 Å². The molecule has 0 aliphatic carbocycles. The van der Waals surface area contributed by atoms with Crippen LogP contribution in [0.4, 0.5) is 13.2 Å². The third kappa shape index (κ3) is 6.26. The zero-order chi connectivity index (χ0) is 19.4. The zero-order valence-electron chi connectivity index (χ0n) is 12.6. The van der Waals surface area contributed by atoms with E-state index in [1.54, 1.807) is 6.07 Å². The normalized spacial score (nSPS) is 18.6. The lowest BCUT2D eigenvalue weighted by Crippen LogP contribution is -2.39. The van der Waals surface area contributed by atoms with Gasteiger partial charge in [0.2, 0.25) is 5.91 Å². The average molecular weight is 403 g/mol. The minimum absolute atomic E-state index is 0.0359. The van der Waals surface area contributed by atoms with Gasteiger partial charge in [-0.2, -0.15) is 13.2 Å². The molecule has 2 unspecified atom stereocenters. The molecule has 1 saturated heterocycles. The van der Waals surface area contributed by atoms with Crippen molar-refractivity contribution >= 4 is 35.1 Å². The van der Waals surface area contributed by atoms with Gasteiger partial charge in [-0.25, -0.2) is 4.79 Å². The van der Waals surface area contributed by atoms with Crippen molar-refractivity contribution in [3.8, 4) is 5.75 Å². The van der Waals surface area contributed by atoms with Gasteiger partial charge in [-0.1, -0.05) is 23.2 Å². The maximum atomic E-state index is 11.1. The van der Waals surface area contributed by atoms with Crippen LogP contribution in [0.5, 0.6) is 5.75 Å². The Morgan fingerprint density at radius 3 is 2.28 bits per heavy atom. The van der Waals surface area contributed by atoms with Crippen LogP contribution < -0.4 is 11.1 Å². The average Bonchev–Trinajstić information content (AvgIpc) is 2.50. The Labute approximate surface area is 150 Å². The van der Waals surface area contributed by atoms with E-state index in [4.69, 9.17) is 38.8 Å². The van der Waals surface area contributed by atoms with Crippen molar-refractivity contribution in [2.24, 2.45) is 11.7 Å². The van der Waals surface area contributed by atoms with E-state index in [2.05, 4.69) is 5.32 Å². The van der Waals surface area contributed by atoms with E-state index in [0.717, 1.165) is 0 Å². The summed E-state index contributed by atoms with van der Waals surface area (Å²) in [5.41, 5.74) is 6.68. The fraction of sp³-hybridized carbons (Fsp3) is 0.429. The Kier molecular flexibility index (Phi) is 7.33. The standard InChI is InChI=1S/C12H14Cl2N2O2.C2HF3O2/c13-8-3-7(10(17)4-9(8)14)12(15)6-1-2-11(18)16-5-6;3-2(4,5)1(6)7/h3-4,6,12,17H,1-2,5,15H2,(H,16,18);(H,6,7). The molecule has 1 aliphatic heterocycles. The molecule has 2 rings (SSSR count). The number of carboxylic acid groups (broad SMARTS) is 1. The highest BCUT2D eigenvalue weighted by molar-refractivity contribution is 6.42. The van der Waals surface area contributed by atoms with E-state index >= 15 is 0 Å². The molecule has 1 amide bonds. The first-order valence-electron chi connectivity index (χ1n) is 6.93. The van der Waals surface area contributed by atoms with Crippen LogP contribution in [0, 0.1) is 5.92 Å². The number of nitrogens with two attached hydrogens (primary N) is 1. The predicted molar refractivity (Wildman–Crippen MR) is 84.5 cm³/mol. The number of phenolic OH excluding ortho intramolecular Hbond substituents is 1. The molecule has 1 aliphatic rings. The number of carbonyl (C=O) groups is 2. The summed E-state index contributed by atoms with van der Waals surface area (Å²) in [6, 6.07) is 2.60. The molecule has 1 fully saturated rings. The smallest absolute Gasteiger partial charge is 0.490 e. The van der Waals surface area contributed by atoms with Crippen LogP contribution in [0.1, 0.15) is 24.4 Å². The molecule has 11 heteroatoms. The number of nitrogens with one attached hydrogen (secondary N) is 1. The number of carbonyl (C=O) groups excluding carboxylic acids is 1. The Balaban J connectivity index is 0.000000381. The number of hydrogen-bond donors (Lipinski definition) is 4.